The van der Waals surface area contributed by atoms with Crippen molar-refractivity contribution in [2.75, 3.05) is 18.6 Å². The summed E-state index contributed by atoms with van der Waals surface area (Å²) in [6.07, 6.45) is 0. The topological polar surface area (TPSA) is 56.6 Å². The molecule has 0 aliphatic carbocycles. The molecule has 138 valence electrons. The number of anilines is 1. The Morgan fingerprint density at radius 1 is 1.07 bits per heavy atom. The Balaban J connectivity index is 1.50. The first-order chi connectivity index (χ1) is 13.1. The minimum absolute atomic E-state index is 0.116. The third-order valence-corrected chi connectivity index (χ3v) is 4.40. The minimum Gasteiger partial charge on any atom is -0.497 e. The van der Waals surface area contributed by atoms with Crippen LogP contribution in [0.3, 0.4) is 0 Å². The lowest BCUT2D eigenvalue weighted by atomic mass is 10.2. The summed E-state index contributed by atoms with van der Waals surface area (Å²) in [5, 5.41) is 4.44. The predicted octanol–water partition coefficient (Wildman–Crippen LogP) is 3.27. The Bertz CT molecular complexity index is 969. The zero-order chi connectivity index (χ0) is 18.8. The van der Waals surface area contributed by atoms with Gasteiger partial charge in [-0.2, -0.15) is 5.10 Å². The summed E-state index contributed by atoms with van der Waals surface area (Å²) in [6.45, 7) is 1.33. The van der Waals surface area contributed by atoms with Crippen LogP contribution in [0.15, 0.2) is 54.6 Å². The molecule has 0 saturated heterocycles. The molecule has 1 aromatic heterocycles. The van der Waals surface area contributed by atoms with Gasteiger partial charge in [0, 0.05) is 18.3 Å². The van der Waals surface area contributed by atoms with E-state index in [4.69, 9.17) is 9.47 Å². The molecule has 6 nitrogen and oxygen atoms in total. The molecule has 0 bridgehead atoms. The van der Waals surface area contributed by atoms with E-state index in [-0.39, 0.29) is 18.3 Å². The van der Waals surface area contributed by atoms with Crippen molar-refractivity contribution in [3.05, 3.63) is 71.8 Å². The summed E-state index contributed by atoms with van der Waals surface area (Å²) in [5.74, 6) is 0.817. The van der Waals surface area contributed by atoms with Crippen LogP contribution in [0.4, 0.5) is 10.1 Å². The van der Waals surface area contributed by atoms with Crippen LogP contribution in [-0.2, 0) is 13.2 Å². The number of ether oxygens (including phenoxy) is 2. The quantitative estimate of drug-likeness (QED) is 0.695. The highest BCUT2D eigenvalue weighted by Gasteiger charge is 2.27. The molecule has 2 heterocycles. The van der Waals surface area contributed by atoms with Gasteiger partial charge in [-0.3, -0.25) is 9.48 Å². The maximum Gasteiger partial charge on any atom is 0.276 e. The predicted molar refractivity (Wildman–Crippen MR) is 97.6 cm³/mol. The Kier molecular flexibility index (Phi) is 4.50. The molecule has 0 unspecified atom stereocenters. The second kappa shape index (κ2) is 7.11. The number of hydrogen-bond acceptors (Lipinski definition) is 4. The van der Waals surface area contributed by atoms with Crippen LogP contribution < -0.4 is 14.4 Å². The smallest absolute Gasteiger partial charge is 0.276 e. The molecule has 0 spiro atoms. The van der Waals surface area contributed by atoms with E-state index in [1.807, 2.05) is 24.3 Å². The fraction of sp³-hybridized carbons (Fsp3) is 0.200. The molecule has 0 saturated carbocycles. The summed E-state index contributed by atoms with van der Waals surface area (Å²) in [4.78, 5) is 14.6. The Hall–Kier alpha value is -3.35. The van der Waals surface area contributed by atoms with Gasteiger partial charge in [-0.25, -0.2) is 4.39 Å². The molecule has 2 aromatic carbocycles. The Morgan fingerprint density at radius 3 is 2.67 bits per heavy atom. The van der Waals surface area contributed by atoms with Crippen molar-refractivity contribution >= 4 is 11.6 Å². The largest absolute Gasteiger partial charge is 0.497 e. The number of benzene rings is 2. The average molecular weight is 367 g/mol. The fourth-order valence-corrected chi connectivity index (χ4v) is 3.03. The number of fused-ring (bicyclic) bond motifs is 1. The van der Waals surface area contributed by atoms with E-state index in [0.717, 1.165) is 5.69 Å². The number of halogens is 1. The highest BCUT2D eigenvalue weighted by molar-refractivity contribution is 6.05. The first-order valence-corrected chi connectivity index (χ1v) is 8.55. The van der Waals surface area contributed by atoms with Crippen LogP contribution in [0.5, 0.6) is 11.5 Å². The molecule has 0 fully saturated rings. The molecule has 0 radical (unpaired) electrons. The third kappa shape index (κ3) is 3.48. The Labute approximate surface area is 155 Å². The van der Waals surface area contributed by atoms with E-state index in [1.54, 1.807) is 34.9 Å². The van der Waals surface area contributed by atoms with Crippen LogP contribution in [0.25, 0.3) is 0 Å². The van der Waals surface area contributed by atoms with Gasteiger partial charge >= 0.3 is 0 Å². The zero-order valence-electron chi connectivity index (χ0n) is 14.8. The van der Waals surface area contributed by atoms with Crippen LogP contribution in [-0.4, -0.2) is 29.3 Å². The van der Waals surface area contributed by atoms with Crippen molar-refractivity contribution in [2.24, 2.45) is 0 Å². The van der Waals surface area contributed by atoms with Gasteiger partial charge in [-0.15, -0.1) is 0 Å². The van der Waals surface area contributed by atoms with Crippen LogP contribution in [0, 0.1) is 5.82 Å². The molecule has 0 atom stereocenters. The highest BCUT2D eigenvalue weighted by Crippen LogP contribution is 2.25. The van der Waals surface area contributed by atoms with Crippen molar-refractivity contribution in [3.63, 3.8) is 0 Å². The number of amides is 1. The van der Waals surface area contributed by atoms with Gasteiger partial charge in [-0.05, 0) is 42.5 Å². The molecule has 27 heavy (non-hydrogen) atoms. The SMILES string of the molecule is COc1cccc(N2CCn3nc(COc4ccc(F)cc4)cc3C2=O)c1. The number of carbonyl (C=O) groups is 1. The lowest BCUT2D eigenvalue weighted by Gasteiger charge is -2.27. The van der Waals surface area contributed by atoms with Crippen molar-refractivity contribution < 1.29 is 18.7 Å². The summed E-state index contributed by atoms with van der Waals surface area (Å²) < 4.78 is 25.5. The number of methoxy groups -OCH3 is 1. The minimum atomic E-state index is -0.317. The molecule has 0 N–H and O–H groups in total. The summed E-state index contributed by atoms with van der Waals surface area (Å²) in [6, 6.07) is 14.9. The number of nitrogens with zero attached hydrogens (tertiary/aromatic N) is 3. The monoisotopic (exact) mass is 367 g/mol. The van der Waals surface area contributed by atoms with Gasteiger partial charge in [0.25, 0.3) is 5.91 Å². The molecular weight excluding hydrogens is 349 g/mol. The molecular formula is C20H18FN3O3. The second-order valence-electron chi connectivity index (χ2n) is 6.14. The maximum atomic E-state index is 13.0. The standard InChI is InChI=1S/C20H18FN3O3/c1-26-18-4-2-3-16(12-18)23-9-10-24-19(20(23)25)11-15(22-24)13-27-17-7-5-14(21)6-8-17/h2-8,11-12H,9-10,13H2,1H3. The zero-order valence-corrected chi connectivity index (χ0v) is 14.8. The van der Waals surface area contributed by atoms with Gasteiger partial charge in [0.15, 0.2) is 0 Å². The number of aromatic nitrogens is 2. The molecule has 3 aromatic rings. The van der Waals surface area contributed by atoms with Gasteiger partial charge in [0.1, 0.15) is 35.3 Å². The van der Waals surface area contributed by atoms with Gasteiger partial charge in [-0.1, -0.05) is 6.07 Å². The molecule has 1 aliphatic heterocycles. The number of rotatable bonds is 5. The number of carbonyl (C=O) groups excluding carboxylic acids is 1. The lowest BCUT2D eigenvalue weighted by Crippen LogP contribution is -2.40. The van der Waals surface area contributed by atoms with Crippen molar-refractivity contribution in [3.8, 4) is 11.5 Å². The first kappa shape index (κ1) is 17.1. The highest BCUT2D eigenvalue weighted by atomic mass is 19.1. The van der Waals surface area contributed by atoms with E-state index in [1.165, 1.54) is 12.1 Å². The summed E-state index contributed by atoms with van der Waals surface area (Å²) in [7, 11) is 1.60. The lowest BCUT2D eigenvalue weighted by molar-refractivity contribution is 0.0962. The van der Waals surface area contributed by atoms with E-state index in [9.17, 15) is 9.18 Å². The summed E-state index contributed by atoms with van der Waals surface area (Å²) in [5.41, 5.74) is 1.95. The first-order valence-electron chi connectivity index (χ1n) is 8.55. The normalized spacial score (nSPS) is 13.4. The average Bonchev–Trinajstić information content (AvgIpc) is 3.12. The van der Waals surface area contributed by atoms with Gasteiger partial charge in [0.2, 0.25) is 0 Å². The van der Waals surface area contributed by atoms with Crippen LogP contribution in [0.2, 0.25) is 0 Å². The van der Waals surface area contributed by atoms with Crippen molar-refractivity contribution in [1.82, 2.24) is 9.78 Å². The van der Waals surface area contributed by atoms with E-state index >= 15 is 0 Å². The molecule has 7 heteroatoms. The van der Waals surface area contributed by atoms with Gasteiger partial charge in [0.05, 0.1) is 13.7 Å². The Morgan fingerprint density at radius 2 is 1.89 bits per heavy atom. The molecule has 1 amide bonds. The molecule has 1 aliphatic rings. The number of hydrogen-bond donors (Lipinski definition) is 0. The molecule has 4 rings (SSSR count). The second-order valence-corrected chi connectivity index (χ2v) is 6.14. The van der Waals surface area contributed by atoms with Crippen LogP contribution >= 0.6 is 0 Å². The van der Waals surface area contributed by atoms with E-state index in [0.29, 0.717) is 36.0 Å². The third-order valence-electron chi connectivity index (χ3n) is 4.40. The van der Waals surface area contributed by atoms with Crippen molar-refractivity contribution in [2.45, 2.75) is 13.2 Å². The summed E-state index contributed by atoms with van der Waals surface area (Å²) >= 11 is 0. The van der Waals surface area contributed by atoms with E-state index in [2.05, 4.69) is 5.10 Å². The fourth-order valence-electron chi connectivity index (χ4n) is 3.03. The maximum absolute atomic E-state index is 13.0. The van der Waals surface area contributed by atoms with Crippen LogP contribution in [0.1, 0.15) is 16.2 Å². The van der Waals surface area contributed by atoms with Crippen molar-refractivity contribution in [1.29, 1.82) is 0 Å². The van der Waals surface area contributed by atoms with E-state index < -0.39 is 0 Å². The van der Waals surface area contributed by atoms with Gasteiger partial charge < -0.3 is 14.4 Å².